The number of para-hydroxylation sites is 1. The molecular weight excluding hydrogens is 254 g/mol. The van der Waals surface area contributed by atoms with Gasteiger partial charge in [0.15, 0.2) is 9.84 Å². The summed E-state index contributed by atoms with van der Waals surface area (Å²) in [4.78, 5) is 12.1. The van der Waals surface area contributed by atoms with Crippen LogP contribution in [0.2, 0.25) is 0 Å². The number of aromatic hydroxyl groups is 1. The molecule has 2 aliphatic rings. The van der Waals surface area contributed by atoms with E-state index in [1.54, 1.807) is 0 Å². The lowest BCUT2D eigenvalue weighted by Crippen LogP contribution is -2.45. The highest BCUT2D eigenvalue weighted by Crippen LogP contribution is 2.47. The summed E-state index contributed by atoms with van der Waals surface area (Å²) in [6.07, 6.45) is 2.05. The van der Waals surface area contributed by atoms with E-state index in [0.29, 0.717) is 12.8 Å². The van der Waals surface area contributed by atoms with Gasteiger partial charge in [-0.3, -0.25) is 4.79 Å². The maximum absolute atomic E-state index is 12.3. The quantitative estimate of drug-likeness (QED) is 0.694. The smallest absolute Gasteiger partial charge is 0.231 e. The van der Waals surface area contributed by atoms with Gasteiger partial charge >= 0.3 is 0 Å². The lowest BCUT2D eigenvalue weighted by Gasteiger charge is -2.38. The molecule has 0 radical (unpaired) electrons. The van der Waals surface area contributed by atoms with Gasteiger partial charge in [0.2, 0.25) is 5.91 Å². The van der Waals surface area contributed by atoms with Crippen LogP contribution in [-0.2, 0) is 14.6 Å². The molecule has 3 rings (SSSR count). The van der Waals surface area contributed by atoms with Gasteiger partial charge in [0.05, 0.1) is 16.1 Å². The topological polar surface area (TPSA) is 83.5 Å². The Morgan fingerprint density at radius 3 is 2.61 bits per heavy atom. The van der Waals surface area contributed by atoms with E-state index in [9.17, 15) is 18.3 Å². The highest BCUT2D eigenvalue weighted by atomic mass is 32.2. The number of sulfone groups is 1. The maximum Gasteiger partial charge on any atom is 0.231 e. The van der Waals surface area contributed by atoms with E-state index in [1.807, 2.05) is 0 Å². The van der Waals surface area contributed by atoms with Crippen molar-refractivity contribution in [1.82, 2.24) is 0 Å². The fraction of sp³-hybridized carbons (Fsp3) is 0.417. The first-order valence-electron chi connectivity index (χ1n) is 5.81. The number of carbonyl (C=O) groups excluding carboxylic acids is 1. The zero-order chi connectivity index (χ0) is 13.0. The Bertz CT molecular complexity index is 631. The van der Waals surface area contributed by atoms with Crippen molar-refractivity contribution < 1.29 is 18.3 Å². The average molecular weight is 267 g/mol. The molecule has 0 saturated heterocycles. The van der Waals surface area contributed by atoms with Crippen molar-refractivity contribution in [3.8, 4) is 5.75 Å². The van der Waals surface area contributed by atoms with Crippen molar-refractivity contribution in [2.75, 3.05) is 11.1 Å². The van der Waals surface area contributed by atoms with Crippen LogP contribution in [0.4, 0.5) is 5.69 Å². The number of nitrogens with one attached hydrogen (secondary N) is 1. The van der Waals surface area contributed by atoms with E-state index in [-0.39, 0.29) is 28.0 Å². The largest absolute Gasteiger partial charge is 0.506 e. The highest BCUT2D eigenvalue weighted by molar-refractivity contribution is 7.91. The molecule has 5 nitrogen and oxygen atoms in total. The van der Waals surface area contributed by atoms with Crippen LogP contribution in [0.15, 0.2) is 23.1 Å². The molecule has 96 valence electrons. The third-order valence-corrected chi connectivity index (χ3v) is 5.78. The van der Waals surface area contributed by atoms with Crippen LogP contribution in [0.25, 0.3) is 0 Å². The number of benzene rings is 1. The lowest BCUT2D eigenvalue weighted by molar-refractivity contribution is -0.128. The number of phenols is 1. The molecule has 1 aliphatic carbocycles. The molecule has 1 heterocycles. The summed E-state index contributed by atoms with van der Waals surface area (Å²) >= 11 is 0. The number of fused-ring (bicyclic) bond motifs is 1. The second-order valence-electron chi connectivity index (χ2n) is 5.00. The van der Waals surface area contributed by atoms with Crippen LogP contribution in [0, 0.1) is 5.41 Å². The minimum absolute atomic E-state index is 0.0135. The number of hydrogen-bond donors (Lipinski definition) is 2. The van der Waals surface area contributed by atoms with Gasteiger partial charge in [-0.15, -0.1) is 0 Å². The second-order valence-corrected chi connectivity index (χ2v) is 6.96. The Morgan fingerprint density at radius 2 is 2.00 bits per heavy atom. The molecule has 1 aromatic rings. The molecule has 1 aliphatic heterocycles. The van der Waals surface area contributed by atoms with Gasteiger partial charge in [0, 0.05) is 0 Å². The van der Waals surface area contributed by atoms with Crippen LogP contribution in [-0.4, -0.2) is 25.2 Å². The van der Waals surface area contributed by atoms with Gasteiger partial charge in [-0.05, 0) is 25.0 Å². The molecule has 0 atom stereocenters. The summed E-state index contributed by atoms with van der Waals surface area (Å²) in [6.45, 7) is 0. The van der Waals surface area contributed by atoms with Gasteiger partial charge in [0.25, 0.3) is 0 Å². The van der Waals surface area contributed by atoms with E-state index in [2.05, 4.69) is 5.32 Å². The summed E-state index contributed by atoms with van der Waals surface area (Å²) < 4.78 is 24.6. The first kappa shape index (κ1) is 11.5. The Hall–Kier alpha value is -1.56. The van der Waals surface area contributed by atoms with Crippen LogP contribution < -0.4 is 5.32 Å². The molecule has 1 amide bonds. The molecule has 0 aromatic heterocycles. The number of anilines is 1. The standard InChI is InChI=1S/C12H13NO4S/c14-8-3-1-4-9-10(8)13-11(15)12(5-2-6-12)7-18(9,16)17/h1,3-4,14H,2,5-7H2,(H,13,15). The number of hydrogen-bond acceptors (Lipinski definition) is 4. The molecule has 1 aromatic carbocycles. The first-order valence-corrected chi connectivity index (χ1v) is 7.46. The molecule has 0 unspecified atom stereocenters. The van der Waals surface area contributed by atoms with Crippen molar-refractivity contribution in [3.05, 3.63) is 18.2 Å². The zero-order valence-corrected chi connectivity index (χ0v) is 10.5. The number of carbonyl (C=O) groups is 1. The molecule has 1 fully saturated rings. The predicted octanol–water partition coefficient (Wildman–Crippen LogP) is 1.29. The molecule has 18 heavy (non-hydrogen) atoms. The number of rotatable bonds is 0. The summed E-state index contributed by atoms with van der Waals surface area (Å²) in [5, 5.41) is 12.3. The second kappa shape index (κ2) is 3.47. The van der Waals surface area contributed by atoms with Gasteiger partial charge in [0.1, 0.15) is 11.4 Å². The van der Waals surface area contributed by atoms with E-state index in [0.717, 1.165) is 6.42 Å². The normalized spacial score (nSPS) is 23.7. The number of phenolic OH excluding ortho intramolecular Hbond substituents is 1. The van der Waals surface area contributed by atoms with Crippen molar-refractivity contribution >= 4 is 21.4 Å². The van der Waals surface area contributed by atoms with Crippen LogP contribution in [0.1, 0.15) is 19.3 Å². The van der Waals surface area contributed by atoms with E-state index < -0.39 is 15.3 Å². The van der Waals surface area contributed by atoms with Gasteiger partial charge in [-0.25, -0.2) is 8.42 Å². The maximum atomic E-state index is 12.3. The summed E-state index contributed by atoms with van der Waals surface area (Å²) in [5.41, 5.74) is -0.782. The zero-order valence-electron chi connectivity index (χ0n) is 9.64. The molecule has 0 bridgehead atoms. The third kappa shape index (κ3) is 1.45. The van der Waals surface area contributed by atoms with Crippen molar-refractivity contribution in [2.45, 2.75) is 24.2 Å². The van der Waals surface area contributed by atoms with Crippen molar-refractivity contribution in [1.29, 1.82) is 0 Å². The molecular formula is C12H13NO4S. The van der Waals surface area contributed by atoms with E-state index >= 15 is 0 Å². The molecule has 6 heteroatoms. The summed E-state index contributed by atoms with van der Waals surface area (Å²) in [6, 6.07) is 4.26. The van der Waals surface area contributed by atoms with Crippen molar-refractivity contribution in [3.63, 3.8) is 0 Å². The minimum Gasteiger partial charge on any atom is -0.506 e. The highest BCUT2D eigenvalue weighted by Gasteiger charge is 2.50. The fourth-order valence-electron chi connectivity index (χ4n) is 2.63. The van der Waals surface area contributed by atoms with Gasteiger partial charge in [-0.2, -0.15) is 0 Å². The SMILES string of the molecule is O=C1Nc2c(O)cccc2S(=O)(=O)CC12CCC2. The van der Waals surface area contributed by atoms with Crippen LogP contribution in [0.5, 0.6) is 5.75 Å². The number of amides is 1. The summed E-state index contributed by atoms with van der Waals surface area (Å²) in [7, 11) is -3.55. The Labute approximate surface area is 105 Å². The van der Waals surface area contributed by atoms with Crippen LogP contribution in [0.3, 0.4) is 0 Å². The predicted molar refractivity (Wildman–Crippen MR) is 65.1 cm³/mol. The first-order chi connectivity index (χ1) is 8.45. The minimum atomic E-state index is -3.55. The monoisotopic (exact) mass is 267 g/mol. The van der Waals surface area contributed by atoms with E-state index in [1.165, 1.54) is 18.2 Å². The molecule has 1 spiro atoms. The Morgan fingerprint density at radius 1 is 1.28 bits per heavy atom. The van der Waals surface area contributed by atoms with Gasteiger partial charge in [-0.1, -0.05) is 12.5 Å². The lowest BCUT2D eigenvalue weighted by atomic mass is 9.69. The molecule has 2 N–H and O–H groups in total. The summed E-state index contributed by atoms with van der Waals surface area (Å²) in [5.74, 6) is -0.666. The van der Waals surface area contributed by atoms with Crippen LogP contribution >= 0.6 is 0 Å². The fourth-order valence-corrected chi connectivity index (χ4v) is 4.69. The Kier molecular flexibility index (Phi) is 2.22. The van der Waals surface area contributed by atoms with Crippen molar-refractivity contribution in [2.24, 2.45) is 5.41 Å². The molecule has 1 saturated carbocycles. The van der Waals surface area contributed by atoms with E-state index in [4.69, 9.17) is 0 Å². The van der Waals surface area contributed by atoms with Gasteiger partial charge < -0.3 is 10.4 Å². The Balaban J connectivity index is 2.21. The third-order valence-electron chi connectivity index (χ3n) is 3.84. The average Bonchev–Trinajstić information content (AvgIpc) is 2.34.